The molecular weight excluding hydrogens is 252 g/mol. The van der Waals surface area contributed by atoms with Gasteiger partial charge in [0.1, 0.15) is 0 Å². The number of carboxylic acid groups (broad SMARTS) is 1. The van der Waals surface area contributed by atoms with Crippen molar-refractivity contribution in [2.45, 2.75) is 20.3 Å². The predicted octanol–water partition coefficient (Wildman–Crippen LogP) is 0.204. The number of carboxylic acids is 1. The van der Waals surface area contributed by atoms with Crippen LogP contribution in [-0.2, 0) is 9.59 Å². The summed E-state index contributed by atoms with van der Waals surface area (Å²) in [7, 11) is 0. The number of aliphatic carboxylic acids is 1. The Labute approximate surface area is 111 Å². The molecule has 0 aromatic rings. The van der Waals surface area contributed by atoms with Crippen LogP contribution >= 0.6 is 0 Å². The third-order valence-corrected chi connectivity index (χ3v) is 2.43. The Bertz CT molecular complexity index is 365. The molecule has 19 heavy (non-hydrogen) atoms. The first kappa shape index (κ1) is 17.1. The van der Waals surface area contributed by atoms with E-state index < -0.39 is 23.3 Å². The standard InChI is InChI=1S/C12H20N2O5/c1-4-5-14(6-7-15)11(19)13-9(16)8-12(2,3)10(17)18/h4,15H,1,5-8H2,2-3H3,(H,17,18)(H,13,16,19). The van der Waals surface area contributed by atoms with Crippen LogP contribution in [0.2, 0.25) is 0 Å². The van der Waals surface area contributed by atoms with E-state index in [2.05, 4.69) is 11.9 Å². The van der Waals surface area contributed by atoms with Gasteiger partial charge in [-0.25, -0.2) is 4.79 Å². The summed E-state index contributed by atoms with van der Waals surface area (Å²) < 4.78 is 0. The number of carbonyl (C=O) groups is 3. The number of hydrogen-bond acceptors (Lipinski definition) is 4. The molecule has 0 rings (SSSR count). The molecule has 0 unspecified atom stereocenters. The lowest BCUT2D eigenvalue weighted by Crippen LogP contribution is -2.45. The molecule has 0 atom stereocenters. The molecule has 108 valence electrons. The Hall–Kier alpha value is -1.89. The quantitative estimate of drug-likeness (QED) is 0.574. The van der Waals surface area contributed by atoms with Crippen molar-refractivity contribution >= 4 is 17.9 Å². The fourth-order valence-corrected chi connectivity index (χ4v) is 1.27. The van der Waals surface area contributed by atoms with Crippen molar-refractivity contribution in [1.29, 1.82) is 0 Å². The van der Waals surface area contributed by atoms with Crippen LogP contribution in [0.25, 0.3) is 0 Å². The Morgan fingerprint density at radius 3 is 2.37 bits per heavy atom. The van der Waals surface area contributed by atoms with Crippen LogP contribution in [0.15, 0.2) is 12.7 Å². The highest BCUT2D eigenvalue weighted by molar-refractivity contribution is 5.96. The van der Waals surface area contributed by atoms with Crippen molar-refractivity contribution in [2.75, 3.05) is 19.7 Å². The van der Waals surface area contributed by atoms with Crippen molar-refractivity contribution in [2.24, 2.45) is 5.41 Å². The van der Waals surface area contributed by atoms with Crippen molar-refractivity contribution in [3.63, 3.8) is 0 Å². The lowest BCUT2D eigenvalue weighted by Gasteiger charge is -2.22. The van der Waals surface area contributed by atoms with Crippen LogP contribution in [-0.4, -0.2) is 52.7 Å². The number of imide groups is 1. The normalized spacial score (nSPS) is 10.7. The van der Waals surface area contributed by atoms with Crippen molar-refractivity contribution in [3.8, 4) is 0 Å². The van der Waals surface area contributed by atoms with Gasteiger partial charge in [-0.1, -0.05) is 6.08 Å². The van der Waals surface area contributed by atoms with Gasteiger partial charge in [0.05, 0.1) is 12.0 Å². The molecule has 0 radical (unpaired) electrons. The van der Waals surface area contributed by atoms with E-state index in [0.717, 1.165) is 0 Å². The van der Waals surface area contributed by atoms with Gasteiger partial charge >= 0.3 is 12.0 Å². The van der Waals surface area contributed by atoms with E-state index >= 15 is 0 Å². The Morgan fingerprint density at radius 1 is 1.37 bits per heavy atom. The lowest BCUT2D eigenvalue weighted by atomic mass is 9.89. The van der Waals surface area contributed by atoms with E-state index in [4.69, 9.17) is 10.2 Å². The number of nitrogens with one attached hydrogen (secondary N) is 1. The van der Waals surface area contributed by atoms with Gasteiger partial charge in [-0.15, -0.1) is 6.58 Å². The average Bonchev–Trinajstić information content (AvgIpc) is 2.27. The van der Waals surface area contributed by atoms with Crippen LogP contribution < -0.4 is 5.32 Å². The highest BCUT2D eigenvalue weighted by Crippen LogP contribution is 2.19. The maximum absolute atomic E-state index is 11.7. The second-order valence-corrected chi connectivity index (χ2v) is 4.68. The Morgan fingerprint density at radius 2 is 1.95 bits per heavy atom. The molecular formula is C12H20N2O5. The maximum atomic E-state index is 11.7. The average molecular weight is 272 g/mol. The van der Waals surface area contributed by atoms with Crippen LogP contribution in [0.1, 0.15) is 20.3 Å². The molecule has 0 heterocycles. The number of aliphatic hydroxyl groups excluding tert-OH is 1. The number of aliphatic hydroxyl groups is 1. The zero-order valence-corrected chi connectivity index (χ0v) is 11.2. The van der Waals surface area contributed by atoms with Gasteiger partial charge in [0, 0.05) is 19.5 Å². The van der Waals surface area contributed by atoms with Gasteiger partial charge in [0.15, 0.2) is 0 Å². The van der Waals surface area contributed by atoms with Crippen molar-refractivity contribution in [3.05, 3.63) is 12.7 Å². The van der Waals surface area contributed by atoms with E-state index in [1.54, 1.807) is 0 Å². The van der Waals surface area contributed by atoms with E-state index in [1.807, 2.05) is 0 Å². The molecule has 0 saturated carbocycles. The van der Waals surface area contributed by atoms with Crippen LogP contribution in [0.3, 0.4) is 0 Å². The van der Waals surface area contributed by atoms with Crippen molar-refractivity contribution in [1.82, 2.24) is 10.2 Å². The third kappa shape index (κ3) is 6.01. The predicted molar refractivity (Wildman–Crippen MR) is 68.4 cm³/mol. The molecule has 0 aliphatic carbocycles. The molecule has 7 heteroatoms. The van der Waals surface area contributed by atoms with Gasteiger partial charge in [-0.3, -0.25) is 14.9 Å². The summed E-state index contributed by atoms with van der Waals surface area (Å²) in [6.45, 7) is 6.26. The second kappa shape index (κ2) is 7.52. The molecule has 0 spiro atoms. The molecule has 0 bridgehead atoms. The number of amides is 3. The largest absolute Gasteiger partial charge is 0.481 e. The molecule has 0 aliphatic heterocycles. The highest BCUT2D eigenvalue weighted by Gasteiger charge is 2.31. The van der Waals surface area contributed by atoms with E-state index in [1.165, 1.54) is 24.8 Å². The SMILES string of the molecule is C=CCN(CCO)C(=O)NC(=O)CC(C)(C)C(=O)O. The minimum absolute atomic E-state index is 0.0630. The van der Waals surface area contributed by atoms with Crippen LogP contribution in [0, 0.1) is 5.41 Å². The zero-order valence-electron chi connectivity index (χ0n) is 11.2. The Kier molecular flexibility index (Phi) is 6.78. The summed E-state index contributed by atoms with van der Waals surface area (Å²) in [5, 5.41) is 19.8. The third-order valence-electron chi connectivity index (χ3n) is 2.43. The number of rotatable bonds is 7. The topological polar surface area (TPSA) is 107 Å². The molecule has 0 aromatic heterocycles. The maximum Gasteiger partial charge on any atom is 0.324 e. The molecule has 3 N–H and O–H groups in total. The lowest BCUT2D eigenvalue weighted by molar-refractivity contribution is -0.149. The van der Waals surface area contributed by atoms with Gasteiger partial charge in [0.2, 0.25) is 5.91 Å². The van der Waals surface area contributed by atoms with E-state index in [-0.39, 0.29) is 26.1 Å². The molecule has 0 aliphatic rings. The fraction of sp³-hybridized carbons (Fsp3) is 0.583. The fourth-order valence-electron chi connectivity index (χ4n) is 1.27. The summed E-state index contributed by atoms with van der Waals surface area (Å²) in [5.74, 6) is -1.79. The summed E-state index contributed by atoms with van der Waals surface area (Å²) in [4.78, 5) is 35.3. The van der Waals surface area contributed by atoms with E-state index in [9.17, 15) is 14.4 Å². The minimum Gasteiger partial charge on any atom is -0.481 e. The smallest absolute Gasteiger partial charge is 0.324 e. The zero-order chi connectivity index (χ0) is 15.1. The van der Waals surface area contributed by atoms with Gasteiger partial charge in [-0.2, -0.15) is 0 Å². The second-order valence-electron chi connectivity index (χ2n) is 4.68. The molecule has 0 fully saturated rings. The molecule has 0 saturated heterocycles. The number of hydrogen-bond donors (Lipinski definition) is 3. The first-order valence-electron chi connectivity index (χ1n) is 5.78. The van der Waals surface area contributed by atoms with Gasteiger partial charge in [-0.05, 0) is 13.8 Å². The first-order valence-corrected chi connectivity index (χ1v) is 5.78. The number of nitrogens with zero attached hydrogens (tertiary/aromatic N) is 1. The molecule has 3 amide bonds. The van der Waals surface area contributed by atoms with Gasteiger partial charge < -0.3 is 15.1 Å². The van der Waals surface area contributed by atoms with Crippen molar-refractivity contribution < 1.29 is 24.6 Å². The molecule has 7 nitrogen and oxygen atoms in total. The molecule has 0 aromatic carbocycles. The minimum atomic E-state index is -1.25. The van der Waals surface area contributed by atoms with Crippen LogP contribution in [0.5, 0.6) is 0 Å². The van der Waals surface area contributed by atoms with Crippen LogP contribution in [0.4, 0.5) is 4.79 Å². The summed E-state index contributed by atoms with van der Waals surface area (Å²) in [6, 6.07) is -0.680. The monoisotopic (exact) mass is 272 g/mol. The summed E-state index contributed by atoms with van der Waals surface area (Å²) in [5.41, 5.74) is -1.25. The number of carbonyl (C=O) groups excluding carboxylic acids is 2. The first-order chi connectivity index (χ1) is 8.74. The van der Waals surface area contributed by atoms with Gasteiger partial charge in [0.25, 0.3) is 0 Å². The summed E-state index contributed by atoms with van der Waals surface area (Å²) in [6.07, 6.45) is 1.15. The Balaban J connectivity index is 4.50. The van der Waals surface area contributed by atoms with E-state index in [0.29, 0.717) is 0 Å². The number of urea groups is 1. The summed E-state index contributed by atoms with van der Waals surface area (Å²) >= 11 is 0. The highest BCUT2D eigenvalue weighted by atomic mass is 16.4.